The van der Waals surface area contributed by atoms with E-state index in [0.29, 0.717) is 13.2 Å². The molecule has 0 saturated carbocycles. The monoisotopic (exact) mass is 335 g/mol. The van der Waals surface area contributed by atoms with E-state index in [1.807, 2.05) is 4.90 Å². The number of carbonyl (C=O) groups excluding carboxylic acids is 1. The summed E-state index contributed by atoms with van der Waals surface area (Å²) in [5.41, 5.74) is 0. The van der Waals surface area contributed by atoms with Gasteiger partial charge < -0.3 is 18.9 Å². The van der Waals surface area contributed by atoms with E-state index < -0.39 is 0 Å². The number of hydrogen-bond acceptors (Lipinski definition) is 6. The number of hydrogen-bond donors (Lipinski definition) is 0. The summed E-state index contributed by atoms with van der Waals surface area (Å²) in [6.45, 7) is 7.77. The quantitative estimate of drug-likeness (QED) is 0.744. The molecule has 1 aromatic heterocycles. The molecule has 0 aromatic carbocycles. The molecule has 0 radical (unpaired) electrons. The standard InChI is InChI=1S/C16H25N5O3/c22-16(13-2-8-24-12-13)20-3-1-14-17-18-15(21(14)5-4-20)11-19-6-9-23-10-7-19/h13H,1-12H2. The Hall–Kier alpha value is -1.51. The van der Waals surface area contributed by atoms with Gasteiger partial charge in [0.05, 0.1) is 32.3 Å². The third-order valence-electron chi connectivity index (χ3n) is 5.16. The minimum absolute atomic E-state index is 0.0429. The smallest absolute Gasteiger partial charge is 0.228 e. The van der Waals surface area contributed by atoms with Gasteiger partial charge >= 0.3 is 0 Å². The maximum atomic E-state index is 12.6. The zero-order chi connectivity index (χ0) is 16.4. The number of rotatable bonds is 3. The van der Waals surface area contributed by atoms with Crippen molar-refractivity contribution in [3.63, 3.8) is 0 Å². The Bertz CT molecular complexity index is 578. The van der Waals surface area contributed by atoms with Crippen LogP contribution in [0.5, 0.6) is 0 Å². The Balaban J connectivity index is 1.40. The topological polar surface area (TPSA) is 72.7 Å². The molecule has 132 valence electrons. The summed E-state index contributed by atoms with van der Waals surface area (Å²) >= 11 is 0. The Labute approximate surface area is 141 Å². The predicted octanol–water partition coefficient (Wildman–Crippen LogP) is -0.468. The molecule has 3 aliphatic heterocycles. The first-order chi connectivity index (χ1) is 11.8. The number of ether oxygens (including phenoxy) is 2. The highest BCUT2D eigenvalue weighted by Crippen LogP contribution is 2.18. The molecule has 1 atom stereocenters. The molecule has 2 saturated heterocycles. The van der Waals surface area contributed by atoms with Crippen LogP contribution in [0.25, 0.3) is 0 Å². The number of fused-ring (bicyclic) bond motifs is 1. The number of morpholine rings is 1. The van der Waals surface area contributed by atoms with Gasteiger partial charge in [0.1, 0.15) is 11.6 Å². The molecule has 1 amide bonds. The first-order valence-corrected chi connectivity index (χ1v) is 8.89. The molecule has 1 unspecified atom stereocenters. The van der Waals surface area contributed by atoms with Crippen LogP contribution in [-0.4, -0.2) is 83.1 Å². The molecular weight excluding hydrogens is 310 g/mol. The van der Waals surface area contributed by atoms with E-state index >= 15 is 0 Å². The molecular formula is C16H25N5O3. The maximum absolute atomic E-state index is 12.6. The van der Waals surface area contributed by atoms with Crippen molar-refractivity contribution in [1.29, 1.82) is 0 Å². The van der Waals surface area contributed by atoms with Gasteiger partial charge in [-0.3, -0.25) is 9.69 Å². The molecule has 0 bridgehead atoms. The van der Waals surface area contributed by atoms with Crippen molar-refractivity contribution in [2.45, 2.75) is 25.9 Å². The van der Waals surface area contributed by atoms with Gasteiger partial charge in [-0.25, -0.2) is 0 Å². The molecule has 0 spiro atoms. The second kappa shape index (κ2) is 7.16. The Morgan fingerprint density at radius 2 is 1.92 bits per heavy atom. The molecule has 2 fully saturated rings. The summed E-state index contributed by atoms with van der Waals surface area (Å²) in [6.07, 6.45) is 1.62. The average Bonchev–Trinajstić information content (AvgIpc) is 3.22. The van der Waals surface area contributed by atoms with Crippen LogP contribution in [0.2, 0.25) is 0 Å². The Morgan fingerprint density at radius 1 is 1.04 bits per heavy atom. The van der Waals surface area contributed by atoms with Gasteiger partial charge in [0.15, 0.2) is 0 Å². The zero-order valence-electron chi connectivity index (χ0n) is 14.0. The lowest BCUT2D eigenvalue weighted by molar-refractivity contribution is -0.135. The van der Waals surface area contributed by atoms with E-state index in [4.69, 9.17) is 9.47 Å². The van der Waals surface area contributed by atoms with Crippen molar-refractivity contribution in [2.24, 2.45) is 5.92 Å². The van der Waals surface area contributed by atoms with Gasteiger partial charge in [0.25, 0.3) is 0 Å². The minimum Gasteiger partial charge on any atom is -0.381 e. The number of aromatic nitrogens is 3. The fraction of sp³-hybridized carbons (Fsp3) is 0.812. The van der Waals surface area contributed by atoms with Crippen LogP contribution in [0.15, 0.2) is 0 Å². The van der Waals surface area contributed by atoms with Crippen molar-refractivity contribution in [1.82, 2.24) is 24.6 Å². The SMILES string of the molecule is O=C(C1CCOC1)N1CCc2nnc(CN3CCOCC3)n2CC1. The van der Waals surface area contributed by atoms with Gasteiger partial charge in [-0.1, -0.05) is 0 Å². The molecule has 4 heterocycles. The summed E-state index contributed by atoms with van der Waals surface area (Å²) in [7, 11) is 0. The lowest BCUT2D eigenvalue weighted by Crippen LogP contribution is -2.39. The fourth-order valence-corrected chi connectivity index (χ4v) is 3.67. The second-order valence-corrected chi connectivity index (χ2v) is 6.71. The first kappa shape index (κ1) is 16.0. The van der Waals surface area contributed by atoms with Crippen molar-refractivity contribution in [3.05, 3.63) is 11.6 Å². The lowest BCUT2D eigenvalue weighted by atomic mass is 10.1. The van der Waals surface area contributed by atoms with Crippen molar-refractivity contribution < 1.29 is 14.3 Å². The van der Waals surface area contributed by atoms with Crippen LogP contribution < -0.4 is 0 Å². The molecule has 24 heavy (non-hydrogen) atoms. The maximum Gasteiger partial charge on any atom is 0.228 e. The highest BCUT2D eigenvalue weighted by Gasteiger charge is 2.30. The molecule has 8 heteroatoms. The molecule has 3 aliphatic rings. The van der Waals surface area contributed by atoms with Crippen LogP contribution in [0.3, 0.4) is 0 Å². The van der Waals surface area contributed by atoms with Crippen LogP contribution >= 0.6 is 0 Å². The summed E-state index contributed by atoms with van der Waals surface area (Å²) < 4.78 is 13.0. The summed E-state index contributed by atoms with van der Waals surface area (Å²) in [5.74, 6) is 2.28. The van der Waals surface area contributed by atoms with Crippen LogP contribution in [0, 0.1) is 5.92 Å². The van der Waals surface area contributed by atoms with Gasteiger partial charge in [0, 0.05) is 45.8 Å². The normalized spacial score (nSPS) is 25.5. The molecule has 0 N–H and O–H groups in total. The fourth-order valence-electron chi connectivity index (χ4n) is 3.67. The Kier molecular flexibility index (Phi) is 4.77. The van der Waals surface area contributed by atoms with Crippen LogP contribution in [0.1, 0.15) is 18.1 Å². The van der Waals surface area contributed by atoms with E-state index in [0.717, 1.165) is 77.0 Å². The highest BCUT2D eigenvalue weighted by molar-refractivity contribution is 5.79. The summed E-state index contributed by atoms with van der Waals surface area (Å²) in [4.78, 5) is 16.9. The van der Waals surface area contributed by atoms with Crippen LogP contribution in [-0.2, 0) is 33.8 Å². The number of carbonyl (C=O) groups is 1. The van der Waals surface area contributed by atoms with Gasteiger partial charge in [-0.15, -0.1) is 10.2 Å². The van der Waals surface area contributed by atoms with Gasteiger partial charge in [-0.2, -0.15) is 0 Å². The van der Waals surface area contributed by atoms with E-state index in [-0.39, 0.29) is 11.8 Å². The summed E-state index contributed by atoms with van der Waals surface area (Å²) in [5, 5.41) is 8.75. The lowest BCUT2D eigenvalue weighted by Gasteiger charge is -2.26. The highest BCUT2D eigenvalue weighted by atomic mass is 16.5. The minimum atomic E-state index is 0.0429. The van der Waals surface area contributed by atoms with Crippen molar-refractivity contribution >= 4 is 5.91 Å². The molecule has 8 nitrogen and oxygen atoms in total. The average molecular weight is 335 g/mol. The van der Waals surface area contributed by atoms with E-state index in [9.17, 15) is 4.79 Å². The number of nitrogens with zero attached hydrogens (tertiary/aromatic N) is 5. The largest absolute Gasteiger partial charge is 0.381 e. The number of amides is 1. The van der Waals surface area contributed by atoms with Gasteiger partial charge in [0.2, 0.25) is 5.91 Å². The second-order valence-electron chi connectivity index (χ2n) is 6.71. The Morgan fingerprint density at radius 3 is 2.71 bits per heavy atom. The van der Waals surface area contributed by atoms with E-state index in [1.165, 1.54) is 0 Å². The van der Waals surface area contributed by atoms with Crippen molar-refractivity contribution in [3.8, 4) is 0 Å². The van der Waals surface area contributed by atoms with Crippen LogP contribution in [0.4, 0.5) is 0 Å². The van der Waals surface area contributed by atoms with E-state index in [2.05, 4.69) is 19.7 Å². The molecule has 1 aromatic rings. The van der Waals surface area contributed by atoms with Gasteiger partial charge in [-0.05, 0) is 6.42 Å². The predicted molar refractivity (Wildman–Crippen MR) is 85.3 cm³/mol. The van der Waals surface area contributed by atoms with Crippen molar-refractivity contribution in [2.75, 3.05) is 52.6 Å². The molecule has 0 aliphatic carbocycles. The first-order valence-electron chi connectivity index (χ1n) is 8.89. The molecule has 4 rings (SSSR count). The third kappa shape index (κ3) is 3.31. The zero-order valence-corrected chi connectivity index (χ0v) is 14.0. The summed E-state index contributed by atoms with van der Waals surface area (Å²) in [6, 6.07) is 0. The third-order valence-corrected chi connectivity index (χ3v) is 5.16. The van der Waals surface area contributed by atoms with E-state index in [1.54, 1.807) is 0 Å².